The lowest BCUT2D eigenvalue weighted by molar-refractivity contribution is -0.684. The maximum absolute atomic E-state index is 15.2. The monoisotopic (exact) mass is 1430 g/mol. The standard InChI is InChI=1S/C70H81ClN5O17PS3/c1-69(2)60-47-54(71)49-75(35-15-43-95(81,82)83)66(60)74-63(69)30-25-51(26-31-64-70(3,4)59-48-57(97(87,88)89)27-29-61(59)76(64)36-16-44-96(84,85)86)52-18-12-17-50(45-52)23-32-65(77)72-33-13-37-91-39-41-93-42-40-92-38-14-34-73-67(78)53-24-28-58(68(79)90-5)62(46-53)94(80,55-19-8-6-9-20-55)56-21-10-7-11-22-56/h6-12,17-22,24-31,45-49H,13-16,23,32-44H2,1-5H3,(H4-,72,73,77,78,81,82,83,84,85,86,87,88,89)/p+1. The summed E-state index contributed by atoms with van der Waals surface area (Å²) >= 11 is 6.60. The van der Waals surface area contributed by atoms with Gasteiger partial charge >= 0.3 is 11.8 Å². The molecule has 1 aromatic heterocycles. The zero-order valence-electron chi connectivity index (χ0n) is 54.7. The van der Waals surface area contributed by atoms with Gasteiger partial charge in [-0.1, -0.05) is 123 Å². The molecule has 2 aliphatic rings. The normalized spacial score (nSPS) is 14.9. The van der Waals surface area contributed by atoms with E-state index in [1.165, 1.54) is 37.4 Å². The van der Waals surface area contributed by atoms with Crippen LogP contribution in [0.25, 0.3) is 5.57 Å². The van der Waals surface area contributed by atoms with E-state index in [-0.39, 0.29) is 59.6 Å². The topological polar surface area (TPSA) is 312 Å². The number of halogens is 1. The van der Waals surface area contributed by atoms with Crippen molar-refractivity contribution >= 4 is 106 Å². The molecule has 0 fully saturated rings. The van der Waals surface area contributed by atoms with Gasteiger partial charge in [0, 0.05) is 84.0 Å². The van der Waals surface area contributed by atoms with Crippen LogP contribution >= 0.6 is 18.7 Å². The van der Waals surface area contributed by atoms with Crippen molar-refractivity contribution in [2.24, 2.45) is 4.99 Å². The van der Waals surface area contributed by atoms with Crippen molar-refractivity contribution in [1.82, 2.24) is 10.6 Å². The number of nitrogens with zero attached hydrogens (tertiary/aromatic N) is 3. The number of aryl methyl sites for hydroxylation is 2. The van der Waals surface area contributed by atoms with Crippen LogP contribution in [0.3, 0.4) is 0 Å². The van der Waals surface area contributed by atoms with Gasteiger partial charge in [0.15, 0.2) is 12.9 Å². The number of anilines is 1. The minimum absolute atomic E-state index is 0.0239. The fourth-order valence-electron chi connectivity index (χ4n) is 11.6. The number of carbonyl (C=O) groups is 3. The number of hydrogen-bond donors (Lipinski definition) is 5. The second-order valence-electron chi connectivity index (χ2n) is 24.3. The van der Waals surface area contributed by atoms with Crippen LogP contribution in [-0.2, 0) is 82.5 Å². The number of aliphatic imine (C=N–C) groups is 1. The number of amides is 2. The molecule has 0 aliphatic carbocycles. The number of ether oxygens (including phenoxy) is 4. The molecule has 0 saturated carbocycles. The van der Waals surface area contributed by atoms with E-state index in [2.05, 4.69) is 10.6 Å². The molecule has 8 rings (SSSR count). The Kier molecular flexibility index (Phi) is 25.9. The number of allylic oxidation sites excluding steroid dienone is 6. The Labute approximate surface area is 572 Å². The molecular weight excluding hydrogens is 1350 g/mol. The van der Waals surface area contributed by atoms with Gasteiger partial charge in [0.2, 0.25) is 5.91 Å². The fourth-order valence-corrected chi connectivity index (χ4v) is 16.1. The summed E-state index contributed by atoms with van der Waals surface area (Å²) in [7, 11) is -15.5. The molecule has 97 heavy (non-hydrogen) atoms. The first-order valence-electron chi connectivity index (χ1n) is 31.6. The van der Waals surface area contributed by atoms with Crippen molar-refractivity contribution in [3.8, 4) is 0 Å². The summed E-state index contributed by atoms with van der Waals surface area (Å²) in [5, 5.41) is 7.47. The van der Waals surface area contributed by atoms with Crippen molar-refractivity contribution in [1.29, 1.82) is 0 Å². The summed E-state index contributed by atoms with van der Waals surface area (Å²) in [6.45, 7) is 10.8. The van der Waals surface area contributed by atoms with Crippen molar-refractivity contribution in [2.45, 2.75) is 88.5 Å². The van der Waals surface area contributed by atoms with Crippen LogP contribution in [0.1, 0.15) is 103 Å². The van der Waals surface area contributed by atoms with Gasteiger partial charge < -0.3 is 39.0 Å². The average molecular weight is 1430 g/mol. The number of aromatic nitrogens is 1. The molecule has 22 nitrogen and oxygen atoms in total. The second-order valence-corrected chi connectivity index (χ2v) is 32.0. The Morgan fingerprint density at radius 1 is 0.680 bits per heavy atom. The lowest BCUT2D eigenvalue weighted by Crippen LogP contribution is -2.36. The molecule has 0 atom stereocenters. The van der Waals surface area contributed by atoms with Crippen molar-refractivity contribution in [3.63, 3.8) is 0 Å². The van der Waals surface area contributed by atoms with Crippen LogP contribution in [0.4, 0.5) is 11.5 Å². The van der Waals surface area contributed by atoms with Gasteiger partial charge in [-0.05, 0) is 121 Å². The van der Waals surface area contributed by atoms with Gasteiger partial charge in [-0.25, -0.2) is 9.36 Å². The van der Waals surface area contributed by atoms with E-state index < -0.39 is 71.7 Å². The van der Waals surface area contributed by atoms with Gasteiger partial charge in [-0.3, -0.25) is 23.2 Å². The third-order valence-corrected chi connectivity index (χ3v) is 22.4. The van der Waals surface area contributed by atoms with Gasteiger partial charge in [-0.15, -0.1) is 0 Å². The van der Waals surface area contributed by atoms with E-state index in [0.29, 0.717) is 122 Å². The summed E-state index contributed by atoms with van der Waals surface area (Å²) in [5.74, 6) is -1.63. The van der Waals surface area contributed by atoms with Gasteiger partial charge in [-0.2, -0.15) is 25.3 Å². The van der Waals surface area contributed by atoms with E-state index in [1.54, 1.807) is 65.4 Å². The Hall–Kier alpha value is -7.52. The maximum Gasteiger partial charge on any atom is 0.338 e. The molecular formula is C70H82ClN5O17PS3+. The van der Waals surface area contributed by atoms with E-state index in [4.69, 9.17) is 35.5 Å². The smallest absolute Gasteiger partial charge is 0.338 e. The lowest BCUT2D eigenvalue weighted by atomic mass is 9.81. The molecule has 6 aromatic rings. The largest absolute Gasteiger partial charge is 0.465 e. The number of methoxy groups -OCH3 is 1. The first-order valence-corrected chi connectivity index (χ1v) is 38.3. The molecule has 0 spiro atoms. The predicted molar refractivity (Wildman–Crippen MR) is 375 cm³/mol. The molecule has 2 aliphatic heterocycles. The number of carbonyl (C=O) groups excluding carboxylic acids is 3. The van der Waals surface area contributed by atoms with Gasteiger partial charge in [0.1, 0.15) is 6.20 Å². The molecule has 2 amide bonds. The maximum atomic E-state index is 15.2. The van der Waals surface area contributed by atoms with Crippen LogP contribution in [0.5, 0.6) is 0 Å². The fraction of sp³-hybridized carbons (Fsp3) is 0.357. The Morgan fingerprint density at radius 3 is 1.92 bits per heavy atom. The van der Waals surface area contributed by atoms with E-state index in [1.807, 2.05) is 99.4 Å². The van der Waals surface area contributed by atoms with E-state index in [9.17, 15) is 53.3 Å². The first kappa shape index (κ1) is 75.3. The van der Waals surface area contributed by atoms with Crippen LogP contribution < -0.4 is 36.0 Å². The summed E-state index contributed by atoms with van der Waals surface area (Å²) in [4.78, 5) is 46.1. The summed E-state index contributed by atoms with van der Waals surface area (Å²) in [5.41, 5.74) is 4.30. The first-order chi connectivity index (χ1) is 46.0. The zero-order valence-corrected chi connectivity index (χ0v) is 58.8. The summed E-state index contributed by atoms with van der Waals surface area (Å²) < 4.78 is 140. The number of benzene rings is 5. The molecule has 5 aromatic carbocycles. The number of fused-ring (bicyclic) bond motifs is 2. The van der Waals surface area contributed by atoms with Gasteiger partial charge in [0.05, 0.1) is 78.0 Å². The third-order valence-electron chi connectivity index (χ3n) is 16.6. The van der Waals surface area contributed by atoms with Crippen LogP contribution in [-0.4, -0.2) is 140 Å². The van der Waals surface area contributed by atoms with Crippen LogP contribution in [0.2, 0.25) is 5.02 Å². The predicted octanol–water partition coefficient (Wildman–Crippen LogP) is 8.85. The highest BCUT2D eigenvalue weighted by Crippen LogP contribution is 2.49. The molecule has 0 bridgehead atoms. The molecule has 518 valence electrons. The minimum Gasteiger partial charge on any atom is -0.465 e. The van der Waals surface area contributed by atoms with Crippen molar-refractivity contribution in [3.05, 3.63) is 202 Å². The molecule has 0 saturated heterocycles. The SMILES string of the molecule is COC(=O)c1ccc(C(=O)NCCCOCCOCCOCCCNC(=O)CCc2cccc(C(=C\C=C3/N(CCCS(=O)(=O)O)c4ccc(S(=O)(=O)O)cc4C3(C)C)/C=C/C3=Nc4c(cc(Cl)c[n+]4CCCS(=O)(=O)O)C3(C)C)c2)cc1P(=O)(c1ccccc1)c1ccccc1. The summed E-state index contributed by atoms with van der Waals surface area (Å²) in [6, 6.07) is 35.9. The number of hydrogen-bond acceptors (Lipinski definition) is 16. The molecule has 3 heterocycles. The van der Waals surface area contributed by atoms with Crippen molar-refractivity contribution < 1.29 is 81.4 Å². The van der Waals surface area contributed by atoms with Crippen LogP contribution in [0, 0.1) is 0 Å². The average Bonchev–Trinajstić information content (AvgIpc) is 1.72. The zero-order chi connectivity index (χ0) is 70.2. The van der Waals surface area contributed by atoms with Gasteiger partial charge in [0.25, 0.3) is 36.3 Å². The molecule has 5 N–H and O–H groups in total. The number of pyridine rings is 1. The lowest BCUT2D eigenvalue weighted by Gasteiger charge is -2.27. The van der Waals surface area contributed by atoms with E-state index in [0.717, 1.165) is 16.7 Å². The Balaban J connectivity index is 0.823. The second kappa shape index (κ2) is 33.4. The molecule has 27 heteroatoms. The highest BCUT2D eigenvalue weighted by molar-refractivity contribution is 7.86. The van der Waals surface area contributed by atoms with Crippen LogP contribution in [0.15, 0.2) is 173 Å². The highest BCUT2D eigenvalue weighted by atomic mass is 35.5. The number of nitrogens with one attached hydrogen (secondary N) is 2. The van der Waals surface area contributed by atoms with Crippen molar-refractivity contribution in [2.75, 3.05) is 82.8 Å². The quantitative estimate of drug-likeness (QED) is 0.00619. The van der Waals surface area contributed by atoms with E-state index >= 15 is 4.57 Å². The number of esters is 1. The highest BCUT2D eigenvalue weighted by Gasteiger charge is 2.44. The number of rotatable bonds is 35. The Morgan fingerprint density at radius 2 is 1.30 bits per heavy atom. The molecule has 0 radical (unpaired) electrons. The minimum atomic E-state index is -4.59. The Bertz CT molecular complexity index is 4330. The third kappa shape index (κ3) is 20.1. The molecule has 0 unspecified atom stereocenters. The summed E-state index contributed by atoms with van der Waals surface area (Å²) in [6.07, 6.45) is 10.9.